The first-order valence-corrected chi connectivity index (χ1v) is 10.5. The van der Waals surface area contributed by atoms with Crippen molar-refractivity contribution in [3.8, 4) is 16.9 Å². The number of halogens is 1. The van der Waals surface area contributed by atoms with Gasteiger partial charge < -0.3 is 20.3 Å². The minimum atomic E-state index is -0.700. The number of ether oxygens (including phenoxy) is 2. The van der Waals surface area contributed by atoms with Crippen molar-refractivity contribution in [3.05, 3.63) is 88.4 Å². The van der Waals surface area contributed by atoms with E-state index in [-0.39, 0.29) is 12.5 Å². The van der Waals surface area contributed by atoms with Crippen LogP contribution in [0.25, 0.3) is 11.1 Å². The summed E-state index contributed by atoms with van der Waals surface area (Å²) in [6.07, 6.45) is 0. The molecule has 0 radical (unpaired) electrons. The van der Waals surface area contributed by atoms with Crippen LogP contribution in [-0.4, -0.2) is 30.8 Å². The lowest BCUT2D eigenvalue weighted by Gasteiger charge is -2.26. The number of nitrogens with two attached hydrogens (primary N) is 1. The highest BCUT2D eigenvalue weighted by Gasteiger charge is 2.40. The maximum Gasteiger partial charge on any atom is 0.290 e. The largest absolute Gasteiger partial charge is 0.494 e. The lowest BCUT2D eigenvalue weighted by Crippen LogP contribution is -2.27. The van der Waals surface area contributed by atoms with Crippen LogP contribution in [0.15, 0.2) is 71.7 Å². The van der Waals surface area contributed by atoms with Crippen LogP contribution in [0.4, 0.5) is 0 Å². The molecule has 1 aliphatic rings. The summed E-state index contributed by atoms with van der Waals surface area (Å²) in [7, 11) is 0. The Morgan fingerprint density at radius 3 is 2.38 bits per heavy atom. The van der Waals surface area contributed by atoms with Gasteiger partial charge in [0.25, 0.3) is 12.5 Å². The molecular formula is C25H25ClN2O4. The third-order valence-electron chi connectivity index (χ3n) is 5.18. The predicted molar refractivity (Wildman–Crippen MR) is 126 cm³/mol. The number of benzene rings is 3. The molecule has 0 aliphatic carbocycles. The van der Waals surface area contributed by atoms with E-state index in [9.17, 15) is 0 Å². The number of aliphatic imine (C=N–C) groups is 1. The molecule has 3 aromatic rings. The lowest BCUT2D eigenvalue weighted by atomic mass is 9.82. The first-order valence-electron chi connectivity index (χ1n) is 10.1. The van der Waals surface area contributed by atoms with Gasteiger partial charge in [0, 0.05) is 5.02 Å². The molecule has 0 fully saturated rings. The van der Waals surface area contributed by atoms with Crippen LogP contribution in [0.3, 0.4) is 0 Å². The minimum absolute atomic E-state index is 0.199. The SMILES string of the molecule is CCOc1ccc(C2(c3cccc(-c4cccc(Cl)c4)c3)COC(N)=N2)cc1C.O=CO. The second kappa shape index (κ2) is 10.2. The molecule has 166 valence electrons. The molecule has 1 atom stereocenters. The van der Waals surface area contributed by atoms with Gasteiger partial charge in [-0.05, 0) is 72.0 Å². The molecule has 0 saturated heterocycles. The van der Waals surface area contributed by atoms with E-state index in [0.717, 1.165) is 33.6 Å². The molecule has 32 heavy (non-hydrogen) atoms. The summed E-state index contributed by atoms with van der Waals surface area (Å²) in [6.45, 7) is 4.74. The third kappa shape index (κ3) is 4.86. The van der Waals surface area contributed by atoms with Gasteiger partial charge in [0.1, 0.15) is 12.4 Å². The third-order valence-corrected chi connectivity index (χ3v) is 5.42. The molecule has 3 aromatic carbocycles. The maximum absolute atomic E-state index is 8.36. The molecule has 1 heterocycles. The molecule has 7 heteroatoms. The summed E-state index contributed by atoms with van der Waals surface area (Å²) in [5.41, 5.74) is 10.4. The molecule has 1 aliphatic heterocycles. The number of hydrogen-bond donors (Lipinski definition) is 2. The monoisotopic (exact) mass is 452 g/mol. The van der Waals surface area contributed by atoms with Crippen LogP contribution in [0.1, 0.15) is 23.6 Å². The molecule has 6 nitrogen and oxygen atoms in total. The average Bonchev–Trinajstić information content (AvgIpc) is 3.19. The van der Waals surface area contributed by atoms with Gasteiger partial charge in [0.15, 0.2) is 5.54 Å². The highest BCUT2D eigenvalue weighted by Crippen LogP contribution is 2.40. The second-order valence-electron chi connectivity index (χ2n) is 7.21. The first-order chi connectivity index (χ1) is 15.4. The van der Waals surface area contributed by atoms with Crippen LogP contribution in [0, 0.1) is 6.92 Å². The van der Waals surface area contributed by atoms with Crippen LogP contribution >= 0.6 is 11.6 Å². The van der Waals surface area contributed by atoms with Crippen molar-refractivity contribution in [2.45, 2.75) is 19.4 Å². The molecule has 3 N–H and O–H groups in total. The van der Waals surface area contributed by atoms with Crippen LogP contribution in [-0.2, 0) is 15.1 Å². The molecule has 0 aromatic heterocycles. The Hall–Kier alpha value is -3.51. The highest BCUT2D eigenvalue weighted by molar-refractivity contribution is 6.30. The predicted octanol–water partition coefficient (Wildman–Crippen LogP) is 5.00. The highest BCUT2D eigenvalue weighted by atomic mass is 35.5. The Bertz CT molecular complexity index is 1130. The molecule has 0 spiro atoms. The van der Waals surface area contributed by atoms with Gasteiger partial charge in [-0.1, -0.05) is 48.0 Å². The maximum atomic E-state index is 8.36. The lowest BCUT2D eigenvalue weighted by molar-refractivity contribution is -0.122. The van der Waals surface area contributed by atoms with Crippen molar-refractivity contribution in [2.24, 2.45) is 10.7 Å². The van der Waals surface area contributed by atoms with Crippen LogP contribution in [0.2, 0.25) is 5.02 Å². The zero-order chi connectivity index (χ0) is 23.1. The number of aryl methyl sites for hydroxylation is 1. The van der Waals surface area contributed by atoms with Crippen molar-refractivity contribution in [1.82, 2.24) is 0 Å². The standard InChI is InChI=1S/C24H23ClN2O2.CH2O2/c1-3-28-22-11-10-20(12-16(22)2)24(15-29-23(26)27-24)19-8-4-6-17(13-19)18-7-5-9-21(25)14-18;2-1-3/h4-14H,3,15H2,1-2H3,(H2,26,27);1H,(H,2,3). The summed E-state index contributed by atoms with van der Waals surface area (Å²) in [5.74, 6) is 0.870. The molecule has 4 rings (SSSR count). The number of hydrogen-bond acceptors (Lipinski definition) is 5. The number of amidine groups is 1. The Morgan fingerprint density at radius 2 is 1.78 bits per heavy atom. The van der Waals surface area contributed by atoms with Gasteiger partial charge >= 0.3 is 0 Å². The zero-order valence-corrected chi connectivity index (χ0v) is 18.7. The molecule has 0 amide bonds. The Kier molecular flexibility index (Phi) is 7.38. The van der Waals surface area contributed by atoms with Gasteiger partial charge in [0.2, 0.25) is 0 Å². The van der Waals surface area contributed by atoms with E-state index in [4.69, 9.17) is 41.7 Å². The summed E-state index contributed by atoms with van der Waals surface area (Å²) in [6, 6.07) is 22.4. The quantitative estimate of drug-likeness (QED) is 0.531. The van der Waals surface area contributed by atoms with Gasteiger partial charge in [-0.2, -0.15) is 0 Å². The molecule has 0 bridgehead atoms. The van der Waals surface area contributed by atoms with E-state index >= 15 is 0 Å². The van der Waals surface area contributed by atoms with E-state index in [1.807, 2.05) is 56.3 Å². The van der Waals surface area contributed by atoms with E-state index < -0.39 is 5.54 Å². The number of nitrogens with zero attached hydrogens (tertiary/aromatic N) is 1. The van der Waals surface area contributed by atoms with Crippen LogP contribution < -0.4 is 10.5 Å². The topological polar surface area (TPSA) is 94.1 Å². The van der Waals surface area contributed by atoms with Crippen LogP contribution in [0.5, 0.6) is 5.75 Å². The van der Waals surface area contributed by atoms with Gasteiger partial charge in [-0.3, -0.25) is 4.79 Å². The fourth-order valence-corrected chi connectivity index (χ4v) is 3.93. The minimum Gasteiger partial charge on any atom is -0.494 e. The van der Waals surface area contributed by atoms with Crippen molar-refractivity contribution >= 4 is 24.1 Å². The van der Waals surface area contributed by atoms with Crippen molar-refractivity contribution < 1.29 is 19.4 Å². The first kappa shape index (κ1) is 23.2. The zero-order valence-electron chi connectivity index (χ0n) is 17.9. The van der Waals surface area contributed by atoms with Crippen molar-refractivity contribution in [1.29, 1.82) is 0 Å². The van der Waals surface area contributed by atoms with Crippen molar-refractivity contribution in [3.63, 3.8) is 0 Å². The van der Waals surface area contributed by atoms with Gasteiger partial charge in [-0.15, -0.1) is 0 Å². The van der Waals surface area contributed by atoms with Gasteiger partial charge in [0.05, 0.1) is 6.61 Å². The summed E-state index contributed by atoms with van der Waals surface area (Å²) in [5, 5.41) is 7.59. The van der Waals surface area contributed by atoms with E-state index in [2.05, 4.69) is 24.3 Å². The smallest absolute Gasteiger partial charge is 0.290 e. The van der Waals surface area contributed by atoms with E-state index in [1.54, 1.807) is 0 Å². The Labute approximate surface area is 192 Å². The Balaban J connectivity index is 0.000000913. The van der Waals surface area contributed by atoms with E-state index in [1.165, 1.54) is 0 Å². The number of carbonyl (C=O) groups is 1. The fraction of sp³-hybridized carbons (Fsp3) is 0.200. The number of rotatable bonds is 5. The van der Waals surface area contributed by atoms with Crippen molar-refractivity contribution in [2.75, 3.05) is 13.2 Å². The van der Waals surface area contributed by atoms with Gasteiger partial charge in [-0.25, -0.2) is 4.99 Å². The normalized spacial score (nSPS) is 16.9. The van der Waals surface area contributed by atoms with E-state index in [0.29, 0.717) is 18.2 Å². The average molecular weight is 453 g/mol. The molecule has 0 saturated carbocycles. The fourth-order valence-electron chi connectivity index (χ4n) is 3.74. The molecular weight excluding hydrogens is 428 g/mol. The Morgan fingerprint density at radius 1 is 1.12 bits per heavy atom. The second-order valence-corrected chi connectivity index (χ2v) is 7.65. The summed E-state index contributed by atoms with van der Waals surface area (Å²) in [4.78, 5) is 13.1. The number of carboxylic acid groups (broad SMARTS) is 1. The summed E-state index contributed by atoms with van der Waals surface area (Å²) >= 11 is 6.19. The molecule has 1 unspecified atom stereocenters. The summed E-state index contributed by atoms with van der Waals surface area (Å²) < 4.78 is 11.3.